The molecule has 0 aliphatic carbocycles. The van der Waals surface area contributed by atoms with Crippen molar-refractivity contribution in [2.75, 3.05) is 13.2 Å². The molecule has 32 heavy (non-hydrogen) atoms. The first kappa shape index (κ1) is 26.5. The maximum Gasteiger partial charge on any atom is 0.339 e. The Hall–Kier alpha value is -3.50. The van der Waals surface area contributed by atoms with Gasteiger partial charge in [-0.15, -0.1) is 0 Å². The van der Waals surface area contributed by atoms with Gasteiger partial charge in [0.2, 0.25) is 11.6 Å². The predicted octanol–water partition coefficient (Wildman–Crippen LogP) is 1.66. The van der Waals surface area contributed by atoms with Gasteiger partial charge >= 0.3 is 23.9 Å². The van der Waals surface area contributed by atoms with Crippen LogP contribution in [-0.2, 0) is 28.5 Å². The molecule has 10 heteroatoms. The summed E-state index contributed by atoms with van der Waals surface area (Å²) in [6, 6.07) is 5.45. The summed E-state index contributed by atoms with van der Waals surface area (Å²) in [7, 11) is 0. The zero-order valence-electron chi connectivity index (χ0n) is 18.3. The minimum absolute atomic E-state index is 0.0366. The number of rotatable bonds is 10. The average molecular weight is 450 g/mol. The zero-order valence-corrected chi connectivity index (χ0v) is 18.3. The third-order valence-corrected chi connectivity index (χ3v) is 3.63. The summed E-state index contributed by atoms with van der Waals surface area (Å²) in [4.78, 5) is 47.9. The van der Waals surface area contributed by atoms with Crippen molar-refractivity contribution in [3.63, 3.8) is 0 Å². The van der Waals surface area contributed by atoms with Crippen molar-refractivity contribution < 1.29 is 48.3 Å². The van der Waals surface area contributed by atoms with E-state index < -0.39 is 48.7 Å². The minimum Gasteiger partial charge on any atom is -0.455 e. The van der Waals surface area contributed by atoms with Crippen LogP contribution in [0.5, 0.6) is 0 Å². The van der Waals surface area contributed by atoms with Crippen molar-refractivity contribution in [1.29, 1.82) is 0 Å². The van der Waals surface area contributed by atoms with Crippen LogP contribution in [0.2, 0.25) is 0 Å². The van der Waals surface area contributed by atoms with Crippen LogP contribution in [0.25, 0.3) is 0 Å². The first-order chi connectivity index (χ1) is 14.6. The molecular formula is C22H26O10. The highest BCUT2D eigenvalue weighted by atomic mass is 16.7. The van der Waals surface area contributed by atoms with Crippen molar-refractivity contribution >= 4 is 23.9 Å². The normalized spacial score (nSPS) is 14.2. The summed E-state index contributed by atoms with van der Waals surface area (Å²) in [6.07, 6.45) is 0. The quantitative estimate of drug-likeness (QED) is 0.233. The number of aliphatic hydroxyl groups is 2. The van der Waals surface area contributed by atoms with Crippen molar-refractivity contribution in [3.8, 4) is 0 Å². The van der Waals surface area contributed by atoms with Crippen molar-refractivity contribution in [2.24, 2.45) is 0 Å². The summed E-state index contributed by atoms with van der Waals surface area (Å²) in [5, 5.41) is 20.1. The SMILES string of the molecule is C=C(C)C(=O)OC(C)(O)COC(=O)c1ccccc1C(=O)OCC(C)(O)OC(=O)C(=C)C. The lowest BCUT2D eigenvalue weighted by Crippen LogP contribution is -2.38. The summed E-state index contributed by atoms with van der Waals surface area (Å²) in [6.45, 7) is 10.3. The van der Waals surface area contributed by atoms with E-state index in [0.29, 0.717) is 0 Å². The molecule has 0 radical (unpaired) electrons. The Morgan fingerprint density at radius 1 is 0.781 bits per heavy atom. The number of esters is 4. The lowest BCUT2D eigenvalue weighted by molar-refractivity contribution is -0.211. The van der Waals surface area contributed by atoms with E-state index in [1.165, 1.54) is 38.1 Å². The Morgan fingerprint density at radius 2 is 1.09 bits per heavy atom. The van der Waals surface area contributed by atoms with Gasteiger partial charge in [0, 0.05) is 25.0 Å². The van der Waals surface area contributed by atoms with Crippen molar-refractivity contribution in [3.05, 3.63) is 59.7 Å². The molecule has 1 aromatic carbocycles. The largest absolute Gasteiger partial charge is 0.455 e. The van der Waals surface area contributed by atoms with E-state index in [2.05, 4.69) is 13.2 Å². The van der Waals surface area contributed by atoms with Gasteiger partial charge in [0.25, 0.3) is 0 Å². The maximum atomic E-state index is 12.4. The van der Waals surface area contributed by atoms with E-state index >= 15 is 0 Å². The Balaban J connectivity index is 2.84. The van der Waals surface area contributed by atoms with Crippen LogP contribution in [0.3, 0.4) is 0 Å². The van der Waals surface area contributed by atoms with E-state index in [4.69, 9.17) is 18.9 Å². The summed E-state index contributed by atoms with van der Waals surface area (Å²) in [5.74, 6) is -8.04. The second kappa shape index (κ2) is 10.7. The molecule has 0 heterocycles. The highest BCUT2D eigenvalue weighted by molar-refractivity contribution is 6.03. The third-order valence-electron chi connectivity index (χ3n) is 3.63. The van der Waals surface area contributed by atoms with Gasteiger partial charge in [-0.05, 0) is 26.0 Å². The molecule has 0 spiro atoms. The van der Waals surface area contributed by atoms with Gasteiger partial charge in [0.05, 0.1) is 11.1 Å². The molecule has 10 nitrogen and oxygen atoms in total. The third kappa shape index (κ3) is 8.32. The molecule has 174 valence electrons. The smallest absolute Gasteiger partial charge is 0.339 e. The summed E-state index contributed by atoms with van der Waals surface area (Å²) in [5.41, 5.74) is -0.347. The maximum absolute atomic E-state index is 12.4. The topological polar surface area (TPSA) is 146 Å². The number of carbonyl (C=O) groups is 4. The minimum atomic E-state index is -2.13. The van der Waals surface area contributed by atoms with Gasteiger partial charge in [0.1, 0.15) is 0 Å². The predicted molar refractivity (Wildman–Crippen MR) is 110 cm³/mol. The van der Waals surface area contributed by atoms with Crippen LogP contribution >= 0.6 is 0 Å². The van der Waals surface area contributed by atoms with Gasteiger partial charge < -0.3 is 29.2 Å². The van der Waals surface area contributed by atoms with Gasteiger partial charge in [-0.3, -0.25) is 0 Å². The summed E-state index contributed by atoms with van der Waals surface area (Å²) < 4.78 is 19.4. The molecule has 0 aliphatic rings. The van der Waals surface area contributed by atoms with Crippen LogP contribution < -0.4 is 0 Å². The Morgan fingerprint density at radius 3 is 1.38 bits per heavy atom. The lowest BCUT2D eigenvalue weighted by atomic mass is 10.1. The monoisotopic (exact) mass is 450 g/mol. The van der Waals surface area contributed by atoms with E-state index in [-0.39, 0.29) is 22.3 Å². The molecule has 0 aromatic heterocycles. The molecule has 0 aliphatic heterocycles. The van der Waals surface area contributed by atoms with Crippen LogP contribution in [0, 0.1) is 0 Å². The number of carbonyl (C=O) groups excluding carboxylic acids is 4. The standard InChI is InChI=1S/C22H26O10/c1-13(2)17(23)31-21(5,27)11-29-19(25)15-9-7-8-10-16(15)20(26)30-12-22(6,28)32-18(24)14(3)4/h7-10,27-28H,1,3,11-12H2,2,4-6H3. The first-order valence-electron chi connectivity index (χ1n) is 9.31. The van der Waals surface area contributed by atoms with E-state index in [1.807, 2.05) is 0 Å². The van der Waals surface area contributed by atoms with Gasteiger partial charge in [-0.1, -0.05) is 25.3 Å². The van der Waals surface area contributed by atoms with Gasteiger partial charge in [0.15, 0.2) is 13.2 Å². The fourth-order valence-corrected chi connectivity index (χ4v) is 2.03. The number of hydrogen-bond donors (Lipinski definition) is 2. The Bertz CT molecular complexity index is 851. The molecule has 0 saturated carbocycles. The van der Waals surface area contributed by atoms with E-state index in [0.717, 1.165) is 13.8 Å². The molecule has 1 rings (SSSR count). The Kier molecular flexibility index (Phi) is 8.87. The number of ether oxygens (including phenoxy) is 4. The Labute approximate surface area is 185 Å². The molecule has 2 unspecified atom stereocenters. The zero-order chi connectivity index (χ0) is 24.7. The van der Waals surface area contributed by atoms with Gasteiger partial charge in [-0.25, -0.2) is 19.2 Å². The summed E-state index contributed by atoms with van der Waals surface area (Å²) >= 11 is 0. The second-order valence-corrected chi connectivity index (χ2v) is 7.39. The van der Waals surface area contributed by atoms with Crippen LogP contribution in [0.1, 0.15) is 48.4 Å². The fourth-order valence-electron chi connectivity index (χ4n) is 2.03. The second-order valence-electron chi connectivity index (χ2n) is 7.39. The molecule has 0 bridgehead atoms. The molecule has 2 N–H and O–H groups in total. The molecule has 0 saturated heterocycles. The number of benzene rings is 1. The first-order valence-corrected chi connectivity index (χ1v) is 9.31. The lowest BCUT2D eigenvalue weighted by Gasteiger charge is -2.24. The highest BCUT2D eigenvalue weighted by Gasteiger charge is 2.31. The number of hydrogen-bond acceptors (Lipinski definition) is 10. The van der Waals surface area contributed by atoms with Crippen LogP contribution in [0.15, 0.2) is 48.6 Å². The fraction of sp³-hybridized carbons (Fsp3) is 0.364. The molecule has 0 fully saturated rings. The molecule has 1 aromatic rings. The van der Waals surface area contributed by atoms with Crippen LogP contribution in [0.4, 0.5) is 0 Å². The molecular weight excluding hydrogens is 424 g/mol. The van der Waals surface area contributed by atoms with Crippen molar-refractivity contribution in [2.45, 2.75) is 39.3 Å². The van der Waals surface area contributed by atoms with Crippen molar-refractivity contribution in [1.82, 2.24) is 0 Å². The van der Waals surface area contributed by atoms with E-state index in [9.17, 15) is 29.4 Å². The van der Waals surface area contributed by atoms with Gasteiger partial charge in [-0.2, -0.15) is 0 Å². The highest BCUT2D eigenvalue weighted by Crippen LogP contribution is 2.17. The molecule has 2 atom stereocenters. The van der Waals surface area contributed by atoms with E-state index in [1.54, 1.807) is 0 Å². The average Bonchev–Trinajstić information content (AvgIpc) is 2.69. The molecule has 0 amide bonds. The van der Waals surface area contributed by atoms with Crippen LogP contribution in [-0.4, -0.2) is 58.9 Å².